The number of nitrogens with one attached hydrogen (secondary N) is 1. The summed E-state index contributed by atoms with van der Waals surface area (Å²) in [5.74, 6) is 0. The molecule has 6 heteroatoms. The third-order valence-electron chi connectivity index (χ3n) is 2.53. The van der Waals surface area contributed by atoms with Crippen LogP contribution in [0, 0.1) is 0 Å². The summed E-state index contributed by atoms with van der Waals surface area (Å²) in [7, 11) is -3.68. The van der Waals surface area contributed by atoms with Gasteiger partial charge in [0.1, 0.15) is 0 Å². The van der Waals surface area contributed by atoms with E-state index in [4.69, 9.17) is 16.7 Å². The van der Waals surface area contributed by atoms with Crippen molar-refractivity contribution in [2.24, 2.45) is 0 Å². The number of benzene rings is 2. The summed E-state index contributed by atoms with van der Waals surface area (Å²) in [5, 5.41) is 9.22. The fraction of sp³-hybridized carbons (Fsp3) is 0.0769. The van der Waals surface area contributed by atoms with Gasteiger partial charge in [0.2, 0.25) is 0 Å². The molecule has 2 N–H and O–H groups in total. The molecule has 0 aliphatic carbocycles. The molecule has 0 spiro atoms. The molecule has 4 nitrogen and oxygen atoms in total. The van der Waals surface area contributed by atoms with Crippen molar-refractivity contribution in [1.82, 2.24) is 0 Å². The maximum absolute atomic E-state index is 12.1. The Hall–Kier alpha value is -1.56. The fourth-order valence-electron chi connectivity index (χ4n) is 1.54. The number of aliphatic hydroxyl groups is 1. The highest BCUT2D eigenvalue weighted by Gasteiger charge is 2.15. The molecule has 2 rings (SSSR count). The number of hydrogen-bond donors (Lipinski definition) is 2. The minimum atomic E-state index is -3.68. The summed E-state index contributed by atoms with van der Waals surface area (Å²) in [5.41, 5.74) is 0.963. The van der Waals surface area contributed by atoms with Gasteiger partial charge in [-0.15, -0.1) is 0 Å². The van der Waals surface area contributed by atoms with Gasteiger partial charge in [0, 0.05) is 10.7 Å². The van der Waals surface area contributed by atoms with Crippen LogP contribution in [0.2, 0.25) is 5.02 Å². The summed E-state index contributed by atoms with van der Waals surface area (Å²) in [6, 6.07) is 12.8. The van der Waals surface area contributed by atoms with Gasteiger partial charge in [0.25, 0.3) is 10.0 Å². The van der Waals surface area contributed by atoms with Crippen LogP contribution < -0.4 is 4.72 Å². The monoisotopic (exact) mass is 297 g/mol. The normalized spacial score (nSPS) is 11.3. The van der Waals surface area contributed by atoms with Crippen LogP contribution in [-0.4, -0.2) is 13.5 Å². The van der Waals surface area contributed by atoms with Crippen molar-refractivity contribution >= 4 is 27.3 Å². The standard InChI is InChI=1S/C13H12ClNO3S/c14-13-8-12(7-6-10(13)9-16)19(17,18)15-11-4-2-1-3-5-11/h1-8,15-16H,9H2. The van der Waals surface area contributed by atoms with E-state index in [0.29, 0.717) is 11.3 Å². The molecule has 0 unspecified atom stereocenters. The Labute approximate surface area is 116 Å². The van der Waals surface area contributed by atoms with E-state index in [1.54, 1.807) is 30.3 Å². The van der Waals surface area contributed by atoms with Crippen molar-refractivity contribution in [3.05, 3.63) is 59.1 Å². The largest absolute Gasteiger partial charge is 0.392 e. The Kier molecular flexibility index (Phi) is 4.09. The average molecular weight is 298 g/mol. The third kappa shape index (κ3) is 3.26. The van der Waals surface area contributed by atoms with E-state index in [2.05, 4.69) is 4.72 Å². The summed E-state index contributed by atoms with van der Waals surface area (Å²) in [6.45, 7) is -0.231. The van der Waals surface area contributed by atoms with E-state index in [1.165, 1.54) is 18.2 Å². The van der Waals surface area contributed by atoms with Crippen molar-refractivity contribution in [1.29, 1.82) is 0 Å². The van der Waals surface area contributed by atoms with E-state index in [1.807, 2.05) is 0 Å². The molecular weight excluding hydrogens is 286 g/mol. The molecule has 2 aromatic carbocycles. The molecular formula is C13H12ClNO3S. The highest BCUT2D eigenvalue weighted by Crippen LogP contribution is 2.22. The molecule has 0 saturated heterocycles. The Balaban J connectivity index is 2.32. The number of para-hydroxylation sites is 1. The number of rotatable bonds is 4. The number of halogens is 1. The summed E-state index contributed by atoms with van der Waals surface area (Å²) in [6.07, 6.45) is 0. The minimum absolute atomic E-state index is 0.0542. The first kappa shape index (κ1) is 13.9. The molecule has 100 valence electrons. The van der Waals surface area contributed by atoms with Crippen LogP contribution in [-0.2, 0) is 16.6 Å². The second kappa shape index (κ2) is 5.61. The Bertz CT molecular complexity index is 672. The molecule has 0 atom stereocenters. The highest BCUT2D eigenvalue weighted by atomic mass is 35.5. The smallest absolute Gasteiger partial charge is 0.261 e. The van der Waals surface area contributed by atoms with Gasteiger partial charge in [-0.1, -0.05) is 35.9 Å². The Morgan fingerprint density at radius 2 is 1.79 bits per heavy atom. The van der Waals surface area contributed by atoms with Gasteiger partial charge in [-0.25, -0.2) is 8.42 Å². The number of aliphatic hydroxyl groups excluding tert-OH is 1. The van der Waals surface area contributed by atoms with Gasteiger partial charge in [0.15, 0.2) is 0 Å². The van der Waals surface area contributed by atoms with E-state index >= 15 is 0 Å². The molecule has 0 radical (unpaired) electrons. The van der Waals surface area contributed by atoms with Crippen molar-refractivity contribution < 1.29 is 13.5 Å². The molecule has 19 heavy (non-hydrogen) atoms. The second-order valence-corrected chi connectivity index (χ2v) is 5.97. The molecule has 0 saturated carbocycles. The number of sulfonamides is 1. The lowest BCUT2D eigenvalue weighted by Gasteiger charge is -2.09. The quantitative estimate of drug-likeness (QED) is 0.911. The maximum atomic E-state index is 12.1. The van der Waals surface area contributed by atoms with Crippen molar-refractivity contribution in [2.75, 3.05) is 4.72 Å². The van der Waals surface area contributed by atoms with E-state index in [-0.39, 0.29) is 16.5 Å². The van der Waals surface area contributed by atoms with Crippen molar-refractivity contribution in [3.63, 3.8) is 0 Å². The van der Waals surface area contributed by atoms with Crippen LogP contribution in [0.25, 0.3) is 0 Å². The van der Waals surface area contributed by atoms with Crippen LogP contribution >= 0.6 is 11.6 Å². The third-order valence-corrected chi connectivity index (χ3v) is 4.26. The predicted octanol–water partition coefficient (Wildman–Crippen LogP) is 2.63. The van der Waals surface area contributed by atoms with Crippen LogP contribution in [0.4, 0.5) is 5.69 Å². The highest BCUT2D eigenvalue weighted by molar-refractivity contribution is 7.92. The number of hydrogen-bond acceptors (Lipinski definition) is 3. The maximum Gasteiger partial charge on any atom is 0.261 e. The zero-order valence-electron chi connectivity index (χ0n) is 9.88. The van der Waals surface area contributed by atoms with Gasteiger partial charge in [-0.3, -0.25) is 4.72 Å². The predicted molar refractivity (Wildman–Crippen MR) is 74.6 cm³/mol. The first-order valence-electron chi connectivity index (χ1n) is 5.50. The Morgan fingerprint density at radius 3 is 2.37 bits per heavy atom. The van der Waals surface area contributed by atoms with E-state index in [0.717, 1.165) is 0 Å². The summed E-state index contributed by atoms with van der Waals surface area (Å²) >= 11 is 5.89. The molecule has 0 aromatic heterocycles. The summed E-state index contributed by atoms with van der Waals surface area (Å²) in [4.78, 5) is 0.0542. The molecule has 0 aliphatic heterocycles. The van der Waals surface area contributed by atoms with E-state index < -0.39 is 10.0 Å². The van der Waals surface area contributed by atoms with Crippen LogP contribution in [0.3, 0.4) is 0 Å². The van der Waals surface area contributed by atoms with Gasteiger partial charge in [-0.05, 0) is 29.8 Å². The topological polar surface area (TPSA) is 66.4 Å². The molecule has 0 fully saturated rings. The minimum Gasteiger partial charge on any atom is -0.392 e. The Morgan fingerprint density at radius 1 is 1.11 bits per heavy atom. The van der Waals surface area contributed by atoms with Gasteiger partial charge < -0.3 is 5.11 Å². The van der Waals surface area contributed by atoms with Gasteiger partial charge >= 0.3 is 0 Å². The van der Waals surface area contributed by atoms with Crippen LogP contribution in [0.15, 0.2) is 53.4 Å². The first-order chi connectivity index (χ1) is 9.03. The summed E-state index contributed by atoms with van der Waals surface area (Å²) < 4.78 is 26.7. The van der Waals surface area contributed by atoms with Crippen molar-refractivity contribution in [2.45, 2.75) is 11.5 Å². The molecule has 0 aliphatic rings. The number of anilines is 1. The van der Waals surface area contributed by atoms with Crippen molar-refractivity contribution in [3.8, 4) is 0 Å². The van der Waals surface area contributed by atoms with Gasteiger partial charge in [-0.2, -0.15) is 0 Å². The lowest BCUT2D eigenvalue weighted by atomic mass is 10.2. The van der Waals surface area contributed by atoms with Gasteiger partial charge in [0.05, 0.1) is 11.5 Å². The molecule has 0 bridgehead atoms. The molecule has 2 aromatic rings. The fourth-order valence-corrected chi connectivity index (χ4v) is 2.93. The van der Waals surface area contributed by atoms with E-state index in [9.17, 15) is 8.42 Å². The zero-order valence-corrected chi connectivity index (χ0v) is 11.4. The average Bonchev–Trinajstić information content (AvgIpc) is 2.39. The van der Waals surface area contributed by atoms with Crippen LogP contribution in [0.5, 0.6) is 0 Å². The molecule has 0 heterocycles. The first-order valence-corrected chi connectivity index (χ1v) is 7.36. The lowest BCUT2D eigenvalue weighted by molar-refractivity contribution is 0.282. The molecule has 0 amide bonds. The zero-order chi connectivity index (χ0) is 13.9. The second-order valence-electron chi connectivity index (χ2n) is 3.88. The van der Waals surface area contributed by atoms with Crippen LogP contribution in [0.1, 0.15) is 5.56 Å². The lowest BCUT2D eigenvalue weighted by Crippen LogP contribution is -2.13. The SMILES string of the molecule is O=S(=O)(Nc1ccccc1)c1ccc(CO)c(Cl)c1.